The summed E-state index contributed by atoms with van der Waals surface area (Å²) in [6, 6.07) is 3.78. The zero-order valence-electron chi connectivity index (χ0n) is 12.1. The highest BCUT2D eigenvalue weighted by Crippen LogP contribution is 2.36. The second-order valence-electron chi connectivity index (χ2n) is 5.89. The van der Waals surface area contributed by atoms with E-state index in [9.17, 15) is 4.21 Å². The third-order valence-corrected chi connectivity index (χ3v) is 4.45. The molecule has 0 radical (unpaired) electrons. The third kappa shape index (κ3) is 3.07. The summed E-state index contributed by atoms with van der Waals surface area (Å²) in [7, 11) is -1.33. The molecule has 0 amide bonds. The van der Waals surface area contributed by atoms with E-state index in [-0.39, 0.29) is 11.2 Å². The molecular formula is C13H20BNO3S. The van der Waals surface area contributed by atoms with Gasteiger partial charge in [0.1, 0.15) is 0 Å². The summed E-state index contributed by atoms with van der Waals surface area (Å²) in [4.78, 5) is 4.31. The third-order valence-electron chi connectivity index (χ3n) is 3.71. The van der Waals surface area contributed by atoms with Crippen LogP contribution in [0.1, 0.15) is 33.3 Å². The summed E-state index contributed by atoms with van der Waals surface area (Å²) in [5.41, 5.74) is 0.980. The van der Waals surface area contributed by atoms with Gasteiger partial charge in [-0.05, 0) is 45.4 Å². The van der Waals surface area contributed by atoms with Crippen molar-refractivity contribution in [1.29, 1.82) is 0 Å². The summed E-state index contributed by atoms with van der Waals surface area (Å²) < 4.78 is 23.2. The Kier molecular flexibility index (Phi) is 3.86. The standard InChI is InChI=1S/C13H20BNO3S/c1-12(2)13(3,4)18-14(17-12)11-8-10(6-7-15-11)9-19(5)16/h6-8H,9H2,1-5H3. The molecule has 1 aromatic rings. The number of hydrogen-bond donors (Lipinski definition) is 0. The molecule has 6 heteroatoms. The predicted molar refractivity (Wildman–Crippen MR) is 77.7 cm³/mol. The number of pyridine rings is 1. The molecule has 0 aliphatic carbocycles. The number of aromatic nitrogens is 1. The van der Waals surface area contributed by atoms with Crippen molar-refractivity contribution in [3.8, 4) is 0 Å². The Balaban J connectivity index is 2.22. The van der Waals surface area contributed by atoms with Crippen LogP contribution in [0.3, 0.4) is 0 Å². The minimum absolute atomic E-state index is 0.372. The lowest BCUT2D eigenvalue weighted by molar-refractivity contribution is 0.00578. The van der Waals surface area contributed by atoms with Crippen LogP contribution >= 0.6 is 0 Å². The molecule has 2 rings (SSSR count). The van der Waals surface area contributed by atoms with E-state index in [4.69, 9.17) is 9.31 Å². The summed E-state index contributed by atoms with van der Waals surface area (Å²) >= 11 is 0. The normalized spacial score (nSPS) is 22.5. The molecule has 19 heavy (non-hydrogen) atoms. The van der Waals surface area contributed by atoms with Crippen LogP contribution in [0.2, 0.25) is 0 Å². The van der Waals surface area contributed by atoms with Gasteiger partial charge in [-0.2, -0.15) is 0 Å². The topological polar surface area (TPSA) is 48.4 Å². The Bertz CT molecular complexity index is 488. The minimum Gasteiger partial charge on any atom is -0.398 e. The van der Waals surface area contributed by atoms with Crippen molar-refractivity contribution < 1.29 is 13.5 Å². The SMILES string of the molecule is CS(=O)Cc1ccnc(B2OC(C)(C)C(C)(C)O2)c1. The lowest BCUT2D eigenvalue weighted by atomic mass is 9.83. The first-order valence-corrected chi connectivity index (χ1v) is 8.04. The maximum absolute atomic E-state index is 11.3. The van der Waals surface area contributed by atoms with Gasteiger partial charge >= 0.3 is 7.12 Å². The van der Waals surface area contributed by atoms with E-state index < -0.39 is 17.9 Å². The molecule has 1 unspecified atom stereocenters. The Morgan fingerprint density at radius 2 is 1.84 bits per heavy atom. The molecule has 1 saturated heterocycles. The average molecular weight is 281 g/mol. The fourth-order valence-corrected chi connectivity index (χ4v) is 2.56. The van der Waals surface area contributed by atoms with Gasteiger partial charge < -0.3 is 9.31 Å². The molecule has 0 bridgehead atoms. The first kappa shape index (κ1) is 14.7. The second-order valence-corrected chi connectivity index (χ2v) is 7.33. The molecule has 0 aromatic carbocycles. The predicted octanol–water partition coefficient (Wildman–Crippen LogP) is 1.26. The van der Waals surface area contributed by atoms with Crippen molar-refractivity contribution in [2.24, 2.45) is 0 Å². The van der Waals surface area contributed by atoms with Gasteiger partial charge in [0.05, 0.1) is 16.8 Å². The van der Waals surface area contributed by atoms with E-state index >= 15 is 0 Å². The van der Waals surface area contributed by atoms with E-state index in [0.717, 1.165) is 11.2 Å². The summed E-state index contributed by atoms with van der Waals surface area (Å²) in [6.45, 7) is 8.05. The highest BCUT2D eigenvalue weighted by Gasteiger charge is 2.52. The molecule has 1 aliphatic rings. The van der Waals surface area contributed by atoms with Gasteiger partial charge in [-0.3, -0.25) is 9.19 Å². The fourth-order valence-electron chi connectivity index (χ4n) is 1.91. The van der Waals surface area contributed by atoms with Crippen LogP contribution in [0.5, 0.6) is 0 Å². The molecular weight excluding hydrogens is 261 g/mol. The van der Waals surface area contributed by atoms with Crippen LogP contribution in [0, 0.1) is 0 Å². The molecule has 1 aliphatic heterocycles. The number of nitrogens with zero attached hydrogens (tertiary/aromatic N) is 1. The quantitative estimate of drug-likeness (QED) is 0.783. The van der Waals surface area contributed by atoms with Crippen LogP contribution in [0.25, 0.3) is 0 Å². The molecule has 104 valence electrons. The van der Waals surface area contributed by atoms with Crippen LogP contribution < -0.4 is 5.59 Å². The van der Waals surface area contributed by atoms with Gasteiger partial charge in [0.25, 0.3) is 0 Å². The van der Waals surface area contributed by atoms with Crippen molar-refractivity contribution in [1.82, 2.24) is 4.98 Å². The van der Waals surface area contributed by atoms with Crippen molar-refractivity contribution >= 4 is 23.5 Å². The fraction of sp³-hybridized carbons (Fsp3) is 0.615. The zero-order chi connectivity index (χ0) is 14.3. The average Bonchev–Trinajstić information content (AvgIpc) is 2.47. The second kappa shape index (κ2) is 5.00. The van der Waals surface area contributed by atoms with Gasteiger partial charge in [0, 0.05) is 29.0 Å². The number of hydrogen-bond acceptors (Lipinski definition) is 4. The van der Waals surface area contributed by atoms with Gasteiger partial charge in [-0.25, -0.2) is 0 Å². The van der Waals surface area contributed by atoms with Crippen molar-refractivity contribution in [2.75, 3.05) is 6.26 Å². The first-order valence-electron chi connectivity index (χ1n) is 6.32. The van der Waals surface area contributed by atoms with E-state index in [2.05, 4.69) is 4.98 Å². The van der Waals surface area contributed by atoms with Crippen LogP contribution in [-0.4, -0.2) is 33.8 Å². The maximum Gasteiger partial charge on any atom is 0.514 e. The lowest BCUT2D eigenvalue weighted by Crippen LogP contribution is -2.41. The largest absolute Gasteiger partial charge is 0.514 e. The summed E-state index contributed by atoms with van der Waals surface area (Å²) in [6.07, 6.45) is 3.40. The molecule has 4 nitrogen and oxygen atoms in total. The van der Waals surface area contributed by atoms with Crippen LogP contribution in [0.15, 0.2) is 18.3 Å². The Morgan fingerprint density at radius 3 is 2.37 bits per heavy atom. The Morgan fingerprint density at radius 1 is 1.26 bits per heavy atom. The van der Waals surface area contributed by atoms with E-state index in [0.29, 0.717) is 5.75 Å². The van der Waals surface area contributed by atoms with E-state index in [1.54, 1.807) is 12.5 Å². The van der Waals surface area contributed by atoms with Crippen LogP contribution in [0.4, 0.5) is 0 Å². The maximum atomic E-state index is 11.3. The molecule has 0 spiro atoms. The Labute approximate surface area is 117 Å². The molecule has 1 atom stereocenters. The molecule has 1 fully saturated rings. The number of rotatable bonds is 3. The lowest BCUT2D eigenvalue weighted by Gasteiger charge is -2.32. The molecule has 0 saturated carbocycles. The zero-order valence-corrected chi connectivity index (χ0v) is 12.9. The summed E-state index contributed by atoms with van der Waals surface area (Å²) in [5, 5.41) is 0. The smallest absolute Gasteiger partial charge is 0.398 e. The minimum atomic E-state index is -0.866. The highest BCUT2D eigenvalue weighted by molar-refractivity contribution is 7.83. The van der Waals surface area contributed by atoms with Crippen molar-refractivity contribution in [3.63, 3.8) is 0 Å². The van der Waals surface area contributed by atoms with Gasteiger partial charge in [-0.1, -0.05) is 0 Å². The van der Waals surface area contributed by atoms with Crippen LogP contribution in [-0.2, 0) is 25.9 Å². The monoisotopic (exact) mass is 281 g/mol. The van der Waals surface area contributed by atoms with Gasteiger partial charge in [0.15, 0.2) is 0 Å². The summed E-state index contributed by atoms with van der Waals surface area (Å²) in [5.74, 6) is 0.523. The molecule has 2 heterocycles. The van der Waals surface area contributed by atoms with E-state index in [1.807, 2.05) is 39.8 Å². The first-order chi connectivity index (χ1) is 8.71. The van der Waals surface area contributed by atoms with Gasteiger partial charge in [0.2, 0.25) is 0 Å². The van der Waals surface area contributed by atoms with Crippen molar-refractivity contribution in [3.05, 3.63) is 23.9 Å². The highest BCUT2D eigenvalue weighted by atomic mass is 32.2. The van der Waals surface area contributed by atoms with Crippen molar-refractivity contribution in [2.45, 2.75) is 44.6 Å². The van der Waals surface area contributed by atoms with Gasteiger partial charge in [-0.15, -0.1) is 0 Å². The molecule has 0 N–H and O–H groups in total. The Hall–Kier alpha value is -0.715. The van der Waals surface area contributed by atoms with E-state index in [1.165, 1.54) is 0 Å². The molecule has 1 aromatic heterocycles.